The van der Waals surface area contributed by atoms with Gasteiger partial charge in [-0.2, -0.15) is 0 Å². The first-order valence-electron chi connectivity index (χ1n) is 9.33. The highest BCUT2D eigenvalue weighted by molar-refractivity contribution is 5.94. The van der Waals surface area contributed by atoms with Crippen molar-refractivity contribution < 1.29 is 4.79 Å². The number of nitrogens with one attached hydrogen (secondary N) is 1. The molecule has 5 nitrogen and oxygen atoms in total. The molecule has 0 radical (unpaired) electrons. The van der Waals surface area contributed by atoms with Gasteiger partial charge in [-0.1, -0.05) is 6.92 Å². The molecule has 2 fully saturated rings. The van der Waals surface area contributed by atoms with Crippen LogP contribution in [0.1, 0.15) is 50.4 Å². The standard InChI is InChI=1S/C19H30N4O/c1-4-17-13-22(9-10-23(17)14(2)3)19(24)16-7-8-18(21-12-16)20-11-15-5-6-15/h7-8,12,14-15,17H,4-6,9-11,13H2,1-3H3,(H,20,21)/t17-/m0/s1. The summed E-state index contributed by atoms with van der Waals surface area (Å²) in [6.07, 6.45) is 5.44. The van der Waals surface area contributed by atoms with Gasteiger partial charge in [0.2, 0.25) is 0 Å². The van der Waals surface area contributed by atoms with Crippen LogP contribution in [0.15, 0.2) is 18.3 Å². The maximum Gasteiger partial charge on any atom is 0.255 e. The first-order chi connectivity index (χ1) is 11.6. The smallest absolute Gasteiger partial charge is 0.255 e. The van der Waals surface area contributed by atoms with E-state index in [0.717, 1.165) is 44.3 Å². The van der Waals surface area contributed by atoms with Crippen LogP contribution >= 0.6 is 0 Å². The Morgan fingerprint density at radius 2 is 2.12 bits per heavy atom. The van der Waals surface area contributed by atoms with E-state index in [1.54, 1.807) is 6.20 Å². The van der Waals surface area contributed by atoms with Gasteiger partial charge in [-0.15, -0.1) is 0 Å². The molecule has 1 aliphatic heterocycles. The number of nitrogens with zero attached hydrogens (tertiary/aromatic N) is 3. The Kier molecular flexibility index (Phi) is 5.39. The maximum absolute atomic E-state index is 12.8. The summed E-state index contributed by atoms with van der Waals surface area (Å²) in [5.41, 5.74) is 0.694. The molecule has 1 N–H and O–H groups in total. The van der Waals surface area contributed by atoms with E-state index in [1.807, 2.05) is 17.0 Å². The van der Waals surface area contributed by atoms with E-state index in [-0.39, 0.29) is 5.91 Å². The zero-order valence-corrected chi connectivity index (χ0v) is 15.2. The molecule has 0 bridgehead atoms. The predicted molar refractivity (Wildman–Crippen MR) is 97.3 cm³/mol. The molecule has 0 spiro atoms. The molecule has 3 rings (SSSR count). The maximum atomic E-state index is 12.8. The molecule has 2 heterocycles. The molecule has 1 aromatic rings. The molecular formula is C19H30N4O. The molecule has 1 saturated heterocycles. The van der Waals surface area contributed by atoms with Crippen LogP contribution < -0.4 is 5.32 Å². The zero-order valence-electron chi connectivity index (χ0n) is 15.2. The normalized spacial score (nSPS) is 22.0. The van der Waals surface area contributed by atoms with Gasteiger partial charge in [0.05, 0.1) is 5.56 Å². The number of aromatic nitrogens is 1. The number of carbonyl (C=O) groups is 1. The summed E-state index contributed by atoms with van der Waals surface area (Å²) < 4.78 is 0. The molecular weight excluding hydrogens is 300 g/mol. The van der Waals surface area contributed by atoms with Crippen LogP contribution in [-0.2, 0) is 0 Å². The Bertz CT molecular complexity index is 553. The van der Waals surface area contributed by atoms with Gasteiger partial charge in [0.25, 0.3) is 5.91 Å². The molecule has 24 heavy (non-hydrogen) atoms. The van der Waals surface area contributed by atoms with Crippen LogP contribution in [0.25, 0.3) is 0 Å². The van der Waals surface area contributed by atoms with E-state index in [2.05, 4.69) is 36.0 Å². The Labute approximate surface area is 145 Å². The average Bonchev–Trinajstić information content (AvgIpc) is 3.43. The Hall–Kier alpha value is -1.62. The van der Waals surface area contributed by atoms with Crippen LogP contribution in [0.2, 0.25) is 0 Å². The minimum absolute atomic E-state index is 0.109. The van der Waals surface area contributed by atoms with Crippen molar-refractivity contribution in [1.29, 1.82) is 0 Å². The summed E-state index contributed by atoms with van der Waals surface area (Å²) in [6, 6.07) is 4.82. The highest BCUT2D eigenvalue weighted by Gasteiger charge is 2.30. The number of amides is 1. The van der Waals surface area contributed by atoms with Crippen molar-refractivity contribution in [2.24, 2.45) is 5.92 Å². The second-order valence-corrected chi connectivity index (χ2v) is 7.40. The van der Waals surface area contributed by atoms with Gasteiger partial charge in [0, 0.05) is 44.5 Å². The van der Waals surface area contributed by atoms with Crippen molar-refractivity contribution >= 4 is 11.7 Å². The van der Waals surface area contributed by atoms with E-state index < -0.39 is 0 Å². The third-order valence-corrected chi connectivity index (χ3v) is 5.23. The van der Waals surface area contributed by atoms with Crippen LogP contribution in [0.5, 0.6) is 0 Å². The van der Waals surface area contributed by atoms with E-state index in [1.165, 1.54) is 12.8 Å². The average molecular weight is 330 g/mol. The van der Waals surface area contributed by atoms with Crippen molar-refractivity contribution in [3.8, 4) is 0 Å². The lowest BCUT2D eigenvalue weighted by molar-refractivity contribution is 0.0371. The molecule has 1 aromatic heterocycles. The van der Waals surface area contributed by atoms with Crippen LogP contribution in [-0.4, -0.2) is 59.0 Å². The third-order valence-electron chi connectivity index (χ3n) is 5.23. The fourth-order valence-corrected chi connectivity index (χ4v) is 3.48. The van der Waals surface area contributed by atoms with Gasteiger partial charge in [0.15, 0.2) is 0 Å². The first kappa shape index (κ1) is 17.2. The van der Waals surface area contributed by atoms with Gasteiger partial charge in [-0.25, -0.2) is 4.98 Å². The fourth-order valence-electron chi connectivity index (χ4n) is 3.48. The van der Waals surface area contributed by atoms with Gasteiger partial charge in [-0.05, 0) is 51.2 Å². The quantitative estimate of drug-likeness (QED) is 0.871. The monoisotopic (exact) mass is 330 g/mol. The predicted octanol–water partition coefficient (Wildman–Crippen LogP) is 2.85. The SMILES string of the molecule is CC[C@H]1CN(C(=O)c2ccc(NCC3CC3)nc2)CCN1C(C)C. The van der Waals surface area contributed by atoms with Crippen LogP contribution in [0.4, 0.5) is 5.82 Å². The highest BCUT2D eigenvalue weighted by Crippen LogP contribution is 2.28. The minimum atomic E-state index is 0.109. The summed E-state index contributed by atoms with van der Waals surface area (Å²) in [6.45, 7) is 10.2. The molecule has 1 saturated carbocycles. The molecule has 132 valence electrons. The van der Waals surface area contributed by atoms with Crippen LogP contribution in [0, 0.1) is 5.92 Å². The van der Waals surface area contributed by atoms with Gasteiger partial charge in [0.1, 0.15) is 5.82 Å². The molecule has 1 aliphatic carbocycles. The molecule has 5 heteroatoms. The molecule has 1 atom stereocenters. The second kappa shape index (κ2) is 7.51. The summed E-state index contributed by atoms with van der Waals surface area (Å²) >= 11 is 0. The number of carbonyl (C=O) groups excluding carboxylic acids is 1. The van der Waals surface area contributed by atoms with Crippen molar-refractivity contribution in [2.75, 3.05) is 31.5 Å². The molecule has 1 amide bonds. The van der Waals surface area contributed by atoms with Crippen molar-refractivity contribution in [3.63, 3.8) is 0 Å². The molecule has 0 aromatic carbocycles. The summed E-state index contributed by atoms with van der Waals surface area (Å²) in [4.78, 5) is 21.7. The number of pyridine rings is 1. The van der Waals surface area contributed by atoms with E-state index in [9.17, 15) is 4.79 Å². The largest absolute Gasteiger partial charge is 0.370 e. The van der Waals surface area contributed by atoms with E-state index in [4.69, 9.17) is 0 Å². The lowest BCUT2D eigenvalue weighted by Gasteiger charge is -2.43. The van der Waals surface area contributed by atoms with E-state index >= 15 is 0 Å². The second-order valence-electron chi connectivity index (χ2n) is 7.40. The highest BCUT2D eigenvalue weighted by atomic mass is 16.2. The topological polar surface area (TPSA) is 48.5 Å². The fraction of sp³-hybridized carbons (Fsp3) is 0.684. The number of anilines is 1. The Balaban J connectivity index is 1.59. The zero-order chi connectivity index (χ0) is 17.1. The summed E-state index contributed by atoms with van der Waals surface area (Å²) in [5, 5.41) is 3.34. The lowest BCUT2D eigenvalue weighted by Crippen LogP contribution is -2.56. The number of hydrogen-bond acceptors (Lipinski definition) is 4. The lowest BCUT2D eigenvalue weighted by atomic mass is 10.1. The molecule has 0 unspecified atom stereocenters. The first-order valence-corrected chi connectivity index (χ1v) is 9.33. The molecule has 2 aliphatic rings. The third kappa shape index (κ3) is 4.07. The van der Waals surface area contributed by atoms with Crippen molar-refractivity contribution in [1.82, 2.24) is 14.8 Å². The van der Waals surface area contributed by atoms with Crippen molar-refractivity contribution in [3.05, 3.63) is 23.9 Å². The Morgan fingerprint density at radius 1 is 1.33 bits per heavy atom. The van der Waals surface area contributed by atoms with Crippen molar-refractivity contribution in [2.45, 2.75) is 52.1 Å². The minimum Gasteiger partial charge on any atom is -0.370 e. The van der Waals surface area contributed by atoms with Crippen LogP contribution in [0.3, 0.4) is 0 Å². The number of hydrogen-bond donors (Lipinski definition) is 1. The van der Waals surface area contributed by atoms with Gasteiger partial charge in [-0.3, -0.25) is 9.69 Å². The van der Waals surface area contributed by atoms with Gasteiger partial charge < -0.3 is 10.2 Å². The van der Waals surface area contributed by atoms with E-state index in [0.29, 0.717) is 17.6 Å². The summed E-state index contributed by atoms with van der Waals surface area (Å²) in [5.74, 6) is 1.80. The number of piperazine rings is 1. The Morgan fingerprint density at radius 3 is 2.71 bits per heavy atom. The summed E-state index contributed by atoms with van der Waals surface area (Å²) in [7, 11) is 0. The van der Waals surface area contributed by atoms with Gasteiger partial charge >= 0.3 is 0 Å². The number of rotatable bonds is 6.